The minimum absolute atomic E-state index is 0.0721. The Morgan fingerprint density at radius 3 is 2.19 bits per heavy atom. The second-order valence-corrected chi connectivity index (χ2v) is 8.55. The fraction of sp³-hybridized carbons (Fsp3) is 0.286. The van der Waals surface area contributed by atoms with Crippen molar-refractivity contribution >= 4 is 23.4 Å². The number of benzene rings is 3. The van der Waals surface area contributed by atoms with Crippen molar-refractivity contribution in [1.82, 2.24) is 10.2 Å². The lowest BCUT2D eigenvalue weighted by Crippen LogP contribution is -2.44. The van der Waals surface area contributed by atoms with Crippen LogP contribution in [0.25, 0.3) is 0 Å². The molecule has 0 bridgehead atoms. The number of rotatable bonds is 12. The average molecular weight is 511 g/mol. The van der Waals surface area contributed by atoms with Crippen molar-refractivity contribution in [2.45, 2.75) is 19.0 Å². The smallest absolute Gasteiger partial charge is 0.247 e. The number of hydrogen-bond acceptors (Lipinski definition) is 5. The Balaban J connectivity index is 1.98. The number of carbonyl (C=O) groups is 2. The van der Waals surface area contributed by atoms with Gasteiger partial charge in [-0.2, -0.15) is 0 Å². The van der Waals surface area contributed by atoms with E-state index in [0.717, 1.165) is 11.1 Å². The molecular formula is C28H31ClN2O5. The summed E-state index contributed by atoms with van der Waals surface area (Å²) in [6.45, 7) is 0.919. The molecule has 0 saturated heterocycles. The Labute approximate surface area is 216 Å². The molecule has 0 aliphatic carbocycles. The van der Waals surface area contributed by atoms with Gasteiger partial charge in [0.2, 0.25) is 11.8 Å². The number of nitrogens with zero attached hydrogens (tertiary/aromatic N) is 1. The third kappa shape index (κ3) is 7.23. The van der Waals surface area contributed by atoms with Crippen molar-refractivity contribution in [2.24, 2.45) is 0 Å². The maximum atomic E-state index is 13.8. The third-order valence-corrected chi connectivity index (χ3v) is 5.92. The fourth-order valence-corrected chi connectivity index (χ4v) is 3.98. The first-order chi connectivity index (χ1) is 17.5. The lowest BCUT2D eigenvalue weighted by atomic mass is 10.0. The molecule has 0 spiro atoms. The molecule has 8 heteroatoms. The molecule has 7 nitrogen and oxygen atoms in total. The fourth-order valence-electron chi connectivity index (χ4n) is 3.86. The number of hydrogen-bond donors (Lipinski definition) is 1. The zero-order valence-electron chi connectivity index (χ0n) is 20.7. The summed E-state index contributed by atoms with van der Waals surface area (Å²) in [4.78, 5) is 28.8. The summed E-state index contributed by atoms with van der Waals surface area (Å²) < 4.78 is 15.8. The van der Waals surface area contributed by atoms with Crippen LogP contribution in [0, 0.1) is 0 Å². The molecule has 1 N–H and O–H groups in total. The van der Waals surface area contributed by atoms with Crippen LogP contribution < -0.4 is 14.8 Å². The topological polar surface area (TPSA) is 77.1 Å². The highest BCUT2D eigenvalue weighted by Gasteiger charge is 2.31. The van der Waals surface area contributed by atoms with E-state index >= 15 is 0 Å². The van der Waals surface area contributed by atoms with E-state index < -0.39 is 6.04 Å². The predicted octanol–water partition coefficient (Wildman–Crippen LogP) is 4.43. The zero-order chi connectivity index (χ0) is 25.9. The molecule has 3 rings (SSSR count). The second kappa shape index (κ2) is 13.5. The van der Waals surface area contributed by atoms with Crippen LogP contribution >= 0.6 is 11.6 Å². The minimum atomic E-state index is -0.841. The summed E-state index contributed by atoms with van der Waals surface area (Å²) in [7, 11) is 4.68. The summed E-state index contributed by atoms with van der Waals surface area (Å²) in [6, 6.07) is 21.0. The highest BCUT2D eigenvalue weighted by Crippen LogP contribution is 2.29. The number of nitrogens with one attached hydrogen (secondary N) is 1. The van der Waals surface area contributed by atoms with Gasteiger partial charge in [-0.05, 0) is 41.0 Å². The van der Waals surface area contributed by atoms with Gasteiger partial charge in [-0.1, -0.05) is 60.1 Å². The highest BCUT2D eigenvalue weighted by atomic mass is 35.5. The molecule has 0 saturated carbocycles. The van der Waals surface area contributed by atoms with Crippen molar-refractivity contribution in [1.29, 1.82) is 0 Å². The molecular weight excluding hydrogens is 480 g/mol. The molecule has 1 atom stereocenters. The van der Waals surface area contributed by atoms with Crippen molar-refractivity contribution in [3.8, 4) is 11.5 Å². The van der Waals surface area contributed by atoms with E-state index in [9.17, 15) is 9.59 Å². The Kier molecular flexibility index (Phi) is 10.2. The van der Waals surface area contributed by atoms with Crippen LogP contribution in [0.1, 0.15) is 22.7 Å². The van der Waals surface area contributed by atoms with Gasteiger partial charge in [0, 0.05) is 25.2 Å². The van der Waals surface area contributed by atoms with Crippen molar-refractivity contribution in [2.75, 3.05) is 34.5 Å². The molecule has 0 aliphatic heterocycles. The lowest BCUT2D eigenvalue weighted by Gasteiger charge is -2.32. The molecule has 3 aromatic carbocycles. The van der Waals surface area contributed by atoms with Gasteiger partial charge in [-0.25, -0.2) is 0 Å². The quantitative estimate of drug-likeness (QED) is 0.365. The molecule has 0 heterocycles. The van der Waals surface area contributed by atoms with Gasteiger partial charge in [0.05, 0.1) is 27.2 Å². The molecule has 0 radical (unpaired) electrons. The minimum Gasteiger partial charge on any atom is -0.493 e. The van der Waals surface area contributed by atoms with E-state index in [1.54, 1.807) is 50.5 Å². The molecule has 190 valence electrons. The van der Waals surface area contributed by atoms with E-state index in [1.165, 1.54) is 0 Å². The van der Waals surface area contributed by atoms with Gasteiger partial charge in [-0.3, -0.25) is 9.59 Å². The number of carbonyl (C=O) groups excluding carboxylic acids is 2. The Hall–Kier alpha value is -3.55. The van der Waals surface area contributed by atoms with Gasteiger partial charge in [0.1, 0.15) is 6.04 Å². The van der Waals surface area contributed by atoms with E-state index in [2.05, 4.69) is 5.32 Å². The maximum absolute atomic E-state index is 13.8. The van der Waals surface area contributed by atoms with E-state index in [4.69, 9.17) is 25.8 Å². The number of ether oxygens (including phenoxy) is 3. The van der Waals surface area contributed by atoms with Crippen LogP contribution in [0.2, 0.25) is 5.02 Å². The normalized spacial score (nSPS) is 11.4. The largest absolute Gasteiger partial charge is 0.493 e. The summed E-state index contributed by atoms with van der Waals surface area (Å²) in [5, 5.41) is 3.49. The van der Waals surface area contributed by atoms with E-state index in [1.807, 2.05) is 48.5 Å². The zero-order valence-corrected chi connectivity index (χ0v) is 21.5. The molecule has 0 aromatic heterocycles. The Morgan fingerprint density at radius 2 is 1.56 bits per heavy atom. The summed E-state index contributed by atoms with van der Waals surface area (Å²) in [6.07, 6.45) is 0.0721. The van der Waals surface area contributed by atoms with Crippen LogP contribution in [-0.4, -0.2) is 51.2 Å². The standard InChI is InChI=1S/C28H31ClN2O5/c1-34-16-15-30-28(33)27(22-7-5-4-6-8-22)31(19-20-9-12-23(29)13-10-20)26(32)18-21-11-14-24(35-2)25(17-21)36-3/h4-14,17,27H,15-16,18-19H2,1-3H3,(H,30,33). The number of amides is 2. The number of halogens is 1. The van der Waals surface area contributed by atoms with E-state index in [0.29, 0.717) is 35.2 Å². The first-order valence-electron chi connectivity index (χ1n) is 11.5. The van der Waals surface area contributed by atoms with Gasteiger partial charge in [0.25, 0.3) is 0 Å². The molecule has 0 aliphatic rings. The van der Waals surface area contributed by atoms with Crippen molar-refractivity contribution in [3.05, 3.63) is 94.5 Å². The lowest BCUT2D eigenvalue weighted by molar-refractivity contribution is -0.141. The van der Waals surface area contributed by atoms with Gasteiger partial charge >= 0.3 is 0 Å². The second-order valence-electron chi connectivity index (χ2n) is 8.11. The third-order valence-electron chi connectivity index (χ3n) is 5.67. The van der Waals surface area contributed by atoms with Gasteiger partial charge < -0.3 is 24.4 Å². The monoisotopic (exact) mass is 510 g/mol. The van der Waals surface area contributed by atoms with Gasteiger partial charge in [-0.15, -0.1) is 0 Å². The van der Waals surface area contributed by atoms with Crippen LogP contribution in [0.3, 0.4) is 0 Å². The Bertz CT molecular complexity index is 1140. The SMILES string of the molecule is COCCNC(=O)C(c1ccccc1)N(Cc1ccc(Cl)cc1)C(=O)Cc1ccc(OC)c(OC)c1. The Morgan fingerprint density at radius 1 is 0.889 bits per heavy atom. The maximum Gasteiger partial charge on any atom is 0.247 e. The summed E-state index contributed by atoms with van der Waals surface area (Å²) >= 11 is 6.07. The number of methoxy groups -OCH3 is 3. The summed E-state index contributed by atoms with van der Waals surface area (Å²) in [5.41, 5.74) is 2.30. The molecule has 1 unspecified atom stereocenters. The molecule has 0 fully saturated rings. The van der Waals surface area contributed by atoms with Gasteiger partial charge in [0.15, 0.2) is 11.5 Å². The first-order valence-corrected chi connectivity index (χ1v) is 11.9. The highest BCUT2D eigenvalue weighted by molar-refractivity contribution is 6.30. The molecule has 2 amide bonds. The predicted molar refractivity (Wildman–Crippen MR) is 139 cm³/mol. The molecule has 36 heavy (non-hydrogen) atoms. The van der Waals surface area contributed by atoms with E-state index in [-0.39, 0.29) is 24.8 Å². The van der Waals surface area contributed by atoms with Crippen LogP contribution in [0.4, 0.5) is 0 Å². The van der Waals surface area contributed by atoms with Crippen molar-refractivity contribution < 1.29 is 23.8 Å². The first kappa shape index (κ1) is 27.0. The van der Waals surface area contributed by atoms with Crippen molar-refractivity contribution in [3.63, 3.8) is 0 Å². The van der Waals surface area contributed by atoms with Crippen LogP contribution in [-0.2, 0) is 27.3 Å². The summed E-state index contributed by atoms with van der Waals surface area (Å²) in [5.74, 6) is 0.608. The van der Waals surface area contributed by atoms with Crippen LogP contribution in [0.5, 0.6) is 11.5 Å². The average Bonchev–Trinajstić information content (AvgIpc) is 2.90. The molecule has 3 aromatic rings. The van der Waals surface area contributed by atoms with Crippen LogP contribution in [0.15, 0.2) is 72.8 Å².